The predicted molar refractivity (Wildman–Crippen MR) is 76.9 cm³/mol. The minimum absolute atomic E-state index is 0.139. The third kappa shape index (κ3) is 5.22. The summed E-state index contributed by atoms with van der Waals surface area (Å²) in [6, 6.07) is 5.45. The van der Waals surface area contributed by atoms with Gasteiger partial charge in [-0.2, -0.15) is 0 Å². The van der Waals surface area contributed by atoms with Crippen molar-refractivity contribution in [3.63, 3.8) is 0 Å². The van der Waals surface area contributed by atoms with Gasteiger partial charge in [-0.15, -0.1) is 11.6 Å². The zero-order valence-electron chi connectivity index (χ0n) is 11.1. The molecule has 0 aliphatic carbocycles. The zero-order valence-corrected chi connectivity index (χ0v) is 11.9. The lowest BCUT2D eigenvalue weighted by atomic mass is 10.2. The summed E-state index contributed by atoms with van der Waals surface area (Å²) < 4.78 is 10.3. The van der Waals surface area contributed by atoms with Crippen LogP contribution in [0.4, 0.5) is 0 Å². The van der Waals surface area contributed by atoms with Crippen LogP contribution in [0.3, 0.4) is 0 Å². The Labute approximate surface area is 118 Å². The quantitative estimate of drug-likeness (QED) is 0.475. The summed E-state index contributed by atoms with van der Waals surface area (Å²) in [5.74, 6) is 1.69. The molecule has 0 unspecified atom stereocenters. The molecule has 0 aliphatic rings. The predicted octanol–water partition coefficient (Wildman–Crippen LogP) is 2.46. The van der Waals surface area contributed by atoms with Crippen LogP contribution in [0, 0.1) is 0 Å². The molecule has 0 heterocycles. The van der Waals surface area contributed by atoms with Crippen LogP contribution in [0.5, 0.6) is 11.5 Å². The van der Waals surface area contributed by atoms with Gasteiger partial charge in [-0.1, -0.05) is 6.07 Å². The van der Waals surface area contributed by atoms with Crippen molar-refractivity contribution >= 4 is 23.6 Å². The second-order valence-corrected chi connectivity index (χ2v) is 4.16. The molecule has 1 aromatic carbocycles. The second-order valence-electron chi connectivity index (χ2n) is 3.78. The first-order valence-electron chi connectivity index (χ1n) is 5.95. The van der Waals surface area contributed by atoms with E-state index in [1.165, 1.54) is 6.08 Å². The lowest BCUT2D eigenvalue weighted by molar-refractivity contribution is -0.116. The molecular weight excluding hydrogens is 266 g/mol. The smallest absolute Gasteiger partial charge is 0.243 e. The summed E-state index contributed by atoms with van der Waals surface area (Å²) in [7, 11) is 3.15. The summed E-state index contributed by atoms with van der Waals surface area (Å²) in [6.45, 7) is 0.582. The van der Waals surface area contributed by atoms with Crippen molar-refractivity contribution in [3.8, 4) is 11.5 Å². The van der Waals surface area contributed by atoms with Gasteiger partial charge in [-0.25, -0.2) is 0 Å². The molecule has 1 amide bonds. The highest BCUT2D eigenvalue weighted by atomic mass is 35.5. The maximum Gasteiger partial charge on any atom is 0.243 e. The van der Waals surface area contributed by atoms with Gasteiger partial charge in [0.15, 0.2) is 11.5 Å². The van der Waals surface area contributed by atoms with E-state index in [9.17, 15) is 4.79 Å². The van der Waals surface area contributed by atoms with Crippen molar-refractivity contribution in [2.75, 3.05) is 26.6 Å². The lowest BCUT2D eigenvalue weighted by Crippen LogP contribution is -2.22. The molecule has 0 saturated carbocycles. The number of amides is 1. The number of benzene rings is 1. The fraction of sp³-hybridized carbons (Fsp3) is 0.357. The molecule has 4 nitrogen and oxygen atoms in total. The van der Waals surface area contributed by atoms with Crippen molar-refractivity contribution in [2.45, 2.75) is 6.42 Å². The van der Waals surface area contributed by atoms with Crippen LogP contribution in [-0.2, 0) is 4.79 Å². The number of hydrogen-bond donors (Lipinski definition) is 1. The van der Waals surface area contributed by atoms with Crippen LogP contribution in [0.2, 0.25) is 0 Å². The van der Waals surface area contributed by atoms with Crippen LogP contribution in [-0.4, -0.2) is 32.6 Å². The maximum absolute atomic E-state index is 11.5. The van der Waals surface area contributed by atoms with E-state index in [4.69, 9.17) is 21.1 Å². The van der Waals surface area contributed by atoms with E-state index >= 15 is 0 Å². The van der Waals surface area contributed by atoms with E-state index in [1.807, 2.05) is 6.07 Å². The molecule has 0 spiro atoms. The normalized spacial score (nSPS) is 10.5. The Morgan fingerprint density at radius 2 is 2.05 bits per heavy atom. The summed E-state index contributed by atoms with van der Waals surface area (Å²) in [4.78, 5) is 11.5. The summed E-state index contributed by atoms with van der Waals surface area (Å²) >= 11 is 5.52. The van der Waals surface area contributed by atoms with Crippen LogP contribution in [0.25, 0.3) is 6.08 Å². The first-order valence-corrected chi connectivity index (χ1v) is 6.48. The van der Waals surface area contributed by atoms with Gasteiger partial charge in [0.25, 0.3) is 0 Å². The molecule has 0 aromatic heterocycles. The number of nitrogens with one attached hydrogen (secondary N) is 1. The van der Waals surface area contributed by atoms with Gasteiger partial charge in [0.1, 0.15) is 0 Å². The lowest BCUT2D eigenvalue weighted by Gasteiger charge is -2.07. The number of hydrogen-bond acceptors (Lipinski definition) is 3. The van der Waals surface area contributed by atoms with Gasteiger partial charge >= 0.3 is 0 Å². The Kier molecular flexibility index (Phi) is 6.82. The molecule has 0 atom stereocenters. The third-order valence-corrected chi connectivity index (χ3v) is 2.71. The number of rotatable bonds is 7. The van der Waals surface area contributed by atoms with Crippen LogP contribution < -0.4 is 14.8 Å². The highest BCUT2D eigenvalue weighted by Crippen LogP contribution is 2.27. The third-order valence-electron chi connectivity index (χ3n) is 2.44. The molecule has 5 heteroatoms. The van der Waals surface area contributed by atoms with Crippen LogP contribution in [0.15, 0.2) is 24.3 Å². The molecule has 0 fully saturated rings. The van der Waals surface area contributed by atoms with Crippen molar-refractivity contribution in [3.05, 3.63) is 29.8 Å². The van der Waals surface area contributed by atoms with Crippen LogP contribution >= 0.6 is 11.6 Å². The average molecular weight is 284 g/mol. The molecule has 1 N–H and O–H groups in total. The molecule has 0 radical (unpaired) electrons. The first-order chi connectivity index (χ1) is 9.21. The van der Waals surface area contributed by atoms with E-state index < -0.39 is 0 Å². The van der Waals surface area contributed by atoms with E-state index in [2.05, 4.69) is 5.32 Å². The van der Waals surface area contributed by atoms with Gasteiger partial charge in [0, 0.05) is 18.5 Å². The molecule has 0 bridgehead atoms. The Morgan fingerprint density at radius 1 is 1.32 bits per heavy atom. The van der Waals surface area contributed by atoms with Gasteiger partial charge in [0.05, 0.1) is 14.2 Å². The largest absolute Gasteiger partial charge is 0.493 e. The maximum atomic E-state index is 11.5. The summed E-state index contributed by atoms with van der Waals surface area (Å²) in [6.07, 6.45) is 3.96. The number of carbonyl (C=O) groups is 1. The number of halogens is 1. The van der Waals surface area contributed by atoms with Crippen molar-refractivity contribution in [2.24, 2.45) is 0 Å². The number of carbonyl (C=O) groups excluding carboxylic acids is 1. The Hall–Kier alpha value is -1.68. The Balaban J connectivity index is 2.63. The molecule has 1 rings (SSSR count). The Morgan fingerprint density at radius 3 is 2.68 bits per heavy atom. The number of methoxy groups -OCH3 is 2. The molecule has 104 valence electrons. The van der Waals surface area contributed by atoms with E-state index in [-0.39, 0.29) is 5.91 Å². The molecule has 0 saturated heterocycles. The Bertz CT molecular complexity index is 446. The van der Waals surface area contributed by atoms with Gasteiger partial charge in [-0.3, -0.25) is 4.79 Å². The second kappa shape index (κ2) is 8.43. The van der Waals surface area contributed by atoms with Crippen molar-refractivity contribution in [1.29, 1.82) is 0 Å². The first kappa shape index (κ1) is 15.4. The van der Waals surface area contributed by atoms with Gasteiger partial charge in [-0.05, 0) is 30.2 Å². The minimum Gasteiger partial charge on any atom is -0.493 e. The van der Waals surface area contributed by atoms with E-state index in [0.717, 1.165) is 12.0 Å². The number of ether oxygens (including phenoxy) is 2. The summed E-state index contributed by atoms with van der Waals surface area (Å²) in [5.41, 5.74) is 0.866. The molecule has 19 heavy (non-hydrogen) atoms. The number of alkyl halides is 1. The van der Waals surface area contributed by atoms with Gasteiger partial charge in [0.2, 0.25) is 5.91 Å². The summed E-state index contributed by atoms with van der Waals surface area (Å²) in [5, 5.41) is 2.74. The monoisotopic (exact) mass is 283 g/mol. The fourth-order valence-electron chi connectivity index (χ4n) is 1.47. The fourth-order valence-corrected chi connectivity index (χ4v) is 1.60. The van der Waals surface area contributed by atoms with E-state index in [0.29, 0.717) is 23.9 Å². The van der Waals surface area contributed by atoms with Crippen molar-refractivity contribution < 1.29 is 14.3 Å². The zero-order chi connectivity index (χ0) is 14.1. The molecule has 0 aliphatic heterocycles. The van der Waals surface area contributed by atoms with Crippen molar-refractivity contribution in [1.82, 2.24) is 5.32 Å². The molecular formula is C14H18ClNO3. The van der Waals surface area contributed by atoms with E-state index in [1.54, 1.807) is 32.4 Å². The highest BCUT2D eigenvalue weighted by molar-refractivity contribution is 6.17. The SMILES string of the molecule is COc1ccc(C=CC(=O)NCCCCl)cc1OC. The average Bonchev–Trinajstić information content (AvgIpc) is 2.45. The van der Waals surface area contributed by atoms with Gasteiger partial charge < -0.3 is 14.8 Å². The minimum atomic E-state index is -0.139. The highest BCUT2D eigenvalue weighted by Gasteiger charge is 2.03. The van der Waals surface area contributed by atoms with Crippen LogP contribution in [0.1, 0.15) is 12.0 Å². The topological polar surface area (TPSA) is 47.6 Å². The molecule has 1 aromatic rings. The standard InChI is InChI=1S/C14H18ClNO3/c1-18-12-6-4-11(10-13(12)19-2)5-7-14(17)16-9-3-8-15/h4-7,10H,3,8-9H2,1-2H3,(H,16,17).